The van der Waals surface area contributed by atoms with E-state index in [0.29, 0.717) is 23.7 Å². The zero-order chi connectivity index (χ0) is 15.2. The lowest BCUT2D eigenvalue weighted by molar-refractivity contribution is 0.218. The number of benzene rings is 2. The molecule has 4 aliphatic carbocycles. The standard InChI is InChI=1S/C23H22/c1-3-8-16(9-4-1)20-14-23-19-13-7-12-18(19)22(20)15-21(23)17-10-5-2-6-11-17/h1-6,8-13,20-23H,7,14-15H2. The van der Waals surface area contributed by atoms with Crippen LogP contribution in [0.4, 0.5) is 0 Å². The first-order chi connectivity index (χ1) is 11.4. The topological polar surface area (TPSA) is 0 Å². The summed E-state index contributed by atoms with van der Waals surface area (Å²) in [5.41, 5.74) is 6.45. The van der Waals surface area contributed by atoms with E-state index < -0.39 is 0 Å². The highest BCUT2D eigenvalue weighted by atomic mass is 14.5. The van der Waals surface area contributed by atoms with E-state index in [4.69, 9.17) is 0 Å². The third kappa shape index (κ3) is 2.05. The maximum Gasteiger partial charge on any atom is -0.00868 e. The fraction of sp³-hybridized carbons (Fsp3) is 0.304. The Hall–Kier alpha value is -2.08. The van der Waals surface area contributed by atoms with Gasteiger partial charge in [0.15, 0.2) is 0 Å². The molecule has 2 bridgehead atoms. The maximum atomic E-state index is 2.50. The number of allylic oxidation sites excluding steroid dienone is 4. The molecule has 4 unspecified atom stereocenters. The number of fused-ring (bicyclic) bond motifs is 2. The Morgan fingerprint density at radius 3 is 1.39 bits per heavy atom. The van der Waals surface area contributed by atoms with Crippen LogP contribution < -0.4 is 0 Å². The Morgan fingerprint density at radius 2 is 0.957 bits per heavy atom. The van der Waals surface area contributed by atoms with Gasteiger partial charge in [0.05, 0.1) is 0 Å². The lowest BCUT2D eigenvalue weighted by Crippen LogP contribution is -2.38. The minimum absolute atomic E-state index is 0.710. The van der Waals surface area contributed by atoms with Crippen molar-refractivity contribution >= 4 is 0 Å². The molecule has 6 rings (SSSR count). The lowest BCUT2D eigenvalue weighted by Gasteiger charge is -2.50. The molecular formula is C23H22. The van der Waals surface area contributed by atoms with Gasteiger partial charge in [-0.15, -0.1) is 0 Å². The molecular weight excluding hydrogens is 276 g/mol. The molecule has 0 aromatic heterocycles. The second-order valence-corrected chi connectivity index (χ2v) is 7.27. The second kappa shape index (κ2) is 5.23. The summed E-state index contributed by atoms with van der Waals surface area (Å²) in [4.78, 5) is 0. The van der Waals surface area contributed by atoms with Gasteiger partial charge in [0, 0.05) is 0 Å². The third-order valence-electron chi connectivity index (χ3n) is 6.25. The van der Waals surface area contributed by atoms with Crippen LogP contribution in [0.5, 0.6) is 0 Å². The fourth-order valence-electron chi connectivity index (χ4n) is 5.31. The zero-order valence-corrected chi connectivity index (χ0v) is 13.4. The van der Waals surface area contributed by atoms with E-state index in [1.807, 2.05) is 0 Å². The van der Waals surface area contributed by atoms with E-state index in [2.05, 4.69) is 72.8 Å². The molecule has 3 saturated carbocycles. The summed E-state index contributed by atoms with van der Waals surface area (Å²) in [5, 5.41) is 0. The summed E-state index contributed by atoms with van der Waals surface area (Å²) in [7, 11) is 0. The number of hydrogen-bond acceptors (Lipinski definition) is 0. The molecule has 4 aliphatic rings. The minimum Gasteiger partial charge on any atom is -0.0769 e. The van der Waals surface area contributed by atoms with E-state index in [9.17, 15) is 0 Å². The van der Waals surface area contributed by atoms with Crippen LogP contribution in [-0.2, 0) is 0 Å². The van der Waals surface area contributed by atoms with Crippen molar-refractivity contribution in [1.29, 1.82) is 0 Å². The molecule has 4 atom stereocenters. The fourth-order valence-corrected chi connectivity index (χ4v) is 5.31. The number of rotatable bonds is 2. The Balaban J connectivity index is 1.56. The molecule has 0 heterocycles. The minimum atomic E-state index is 0.710. The Labute approximate surface area is 138 Å². The third-order valence-corrected chi connectivity index (χ3v) is 6.25. The largest absolute Gasteiger partial charge is 0.0769 e. The molecule has 0 heteroatoms. The average Bonchev–Trinajstić information content (AvgIpc) is 3.14. The summed E-state index contributed by atoms with van der Waals surface area (Å²) >= 11 is 0. The van der Waals surface area contributed by atoms with Crippen molar-refractivity contribution in [3.8, 4) is 0 Å². The molecule has 0 nitrogen and oxygen atoms in total. The van der Waals surface area contributed by atoms with Crippen LogP contribution >= 0.6 is 0 Å². The average molecular weight is 298 g/mol. The molecule has 114 valence electrons. The molecule has 0 saturated heterocycles. The monoisotopic (exact) mass is 298 g/mol. The maximum absolute atomic E-state index is 2.50. The predicted molar refractivity (Wildman–Crippen MR) is 95.4 cm³/mol. The summed E-state index contributed by atoms with van der Waals surface area (Å²) in [6, 6.07) is 22.4. The van der Waals surface area contributed by atoms with Gasteiger partial charge >= 0.3 is 0 Å². The van der Waals surface area contributed by atoms with Gasteiger partial charge in [-0.1, -0.05) is 72.8 Å². The highest BCUT2D eigenvalue weighted by Crippen LogP contribution is 2.61. The van der Waals surface area contributed by atoms with Crippen LogP contribution in [0.2, 0.25) is 0 Å². The molecule has 0 radical (unpaired) electrons. The van der Waals surface area contributed by atoms with Crippen molar-refractivity contribution in [2.45, 2.75) is 31.1 Å². The summed E-state index contributed by atoms with van der Waals surface area (Å²) in [5.74, 6) is 2.84. The quantitative estimate of drug-likeness (QED) is 0.652. The number of hydrogen-bond donors (Lipinski definition) is 0. The highest BCUT2D eigenvalue weighted by molar-refractivity contribution is 5.50. The molecule has 0 amide bonds. The van der Waals surface area contributed by atoms with Gasteiger partial charge < -0.3 is 0 Å². The van der Waals surface area contributed by atoms with Gasteiger partial charge in [0.25, 0.3) is 0 Å². The van der Waals surface area contributed by atoms with Gasteiger partial charge in [-0.2, -0.15) is 0 Å². The normalized spacial score (nSPS) is 31.5. The van der Waals surface area contributed by atoms with Crippen molar-refractivity contribution in [1.82, 2.24) is 0 Å². The van der Waals surface area contributed by atoms with Gasteiger partial charge in [0.2, 0.25) is 0 Å². The van der Waals surface area contributed by atoms with Crippen LogP contribution in [0.3, 0.4) is 0 Å². The summed E-state index contributed by atoms with van der Waals surface area (Å²) in [6.45, 7) is 0. The van der Waals surface area contributed by atoms with Crippen molar-refractivity contribution in [2.75, 3.05) is 0 Å². The van der Waals surface area contributed by atoms with Crippen molar-refractivity contribution < 1.29 is 0 Å². The lowest BCUT2D eigenvalue weighted by atomic mass is 9.54. The predicted octanol–water partition coefficient (Wildman–Crippen LogP) is 5.85. The zero-order valence-electron chi connectivity index (χ0n) is 13.4. The first-order valence-corrected chi connectivity index (χ1v) is 8.92. The highest BCUT2D eigenvalue weighted by Gasteiger charge is 2.48. The van der Waals surface area contributed by atoms with Crippen LogP contribution in [0.15, 0.2) is 84.0 Å². The smallest absolute Gasteiger partial charge is 0.00868 e. The van der Waals surface area contributed by atoms with E-state index in [1.54, 1.807) is 22.3 Å². The van der Waals surface area contributed by atoms with Crippen molar-refractivity contribution in [3.63, 3.8) is 0 Å². The Bertz CT molecular complexity index is 699. The van der Waals surface area contributed by atoms with Crippen LogP contribution in [0, 0.1) is 11.8 Å². The van der Waals surface area contributed by atoms with Crippen LogP contribution in [0.25, 0.3) is 0 Å². The molecule has 0 N–H and O–H groups in total. The molecule has 0 spiro atoms. The van der Waals surface area contributed by atoms with E-state index >= 15 is 0 Å². The molecule has 3 fully saturated rings. The molecule has 0 aliphatic heterocycles. The van der Waals surface area contributed by atoms with Crippen molar-refractivity contribution in [2.24, 2.45) is 11.8 Å². The Morgan fingerprint density at radius 1 is 0.522 bits per heavy atom. The molecule has 2 aromatic rings. The molecule has 23 heavy (non-hydrogen) atoms. The Kier molecular flexibility index (Phi) is 3.04. The van der Waals surface area contributed by atoms with Gasteiger partial charge in [-0.05, 0) is 65.2 Å². The first-order valence-electron chi connectivity index (χ1n) is 8.92. The van der Waals surface area contributed by atoms with Crippen LogP contribution in [-0.4, -0.2) is 0 Å². The van der Waals surface area contributed by atoms with E-state index in [0.717, 1.165) is 6.42 Å². The molecule has 2 aromatic carbocycles. The summed E-state index contributed by atoms with van der Waals surface area (Å²) < 4.78 is 0. The van der Waals surface area contributed by atoms with Crippen molar-refractivity contribution in [3.05, 3.63) is 95.1 Å². The van der Waals surface area contributed by atoms with Gasteiger partial charge in [-0.25, -0.2) is 0 Å². The first kappa shape index (κ1) is 13.4. The SMILES string of the molecule is C1=C2C(=CC1)C1CC(c3ccccc3)C2CC1c1ccccc1. The van der Waals surface area contributed by atoms with E-state index in [1.165, 1.54) is 12.8 Å². The summed E-state index contributed by atoms with van der Waals surface area (Å²) in [6.07, 6.45) is 8.79. The second-order valence-electron chi connectivity index (χ2n) is 7.27. The van der Waals surface area contributed by atoms with Gasteiger partial charge in [-0.3, -0.25) is 0 Å². The van der Waals surface area contributed by atoms with Crippen LogP contribution in [0.1, 0.15) is 42.2 Å². The van der Waals surface area contributed by atoms with E-state index in [-0.39, 0.29) is 0 Å². The van der Waals surface area contributed by atoms with Gasteiger partial charge in [0.1, 0.15) is 0 Å².